The fourth-order valence-electron chi connectivity index (χ4n) is 0.769. The van der Waals surface area contributed by atoms with Crippen LogP contribution in [0.4, 0.5) is 5.69 Å². The second-order valence-electron chi connectivity index (χ2n) is 2.27. The van der Waals surface area contributed by atoms with Crippen molar-refractivity contribution in [2.45, 2.75) is 6.92 Å². The molecule has 0 aliphatic rings. The Balaban J connectivity index is 3.01. The third-order valence-corrected chi connectivity index (χ3v) is 1.43. The van der Waals surface area contributed by atoms with Crippen molar-refractivity contribution in [3.8, 4) is 0 Å². The third kappa shape index (κ3) is 1.77. The topological polar surface area (TPSA) is 42.0 Å². The van der Waals surface area contributed by atoms with Gasteiger partial charge in [0.15, 0.2) is 5.78 Å². The summed E-state index contributed by atoms with van der Waals surface area (Å²) in [7, 11) is 1.79. The first-order valence-electron chi connectivity index (χ1n) is 3.38. The molecule has 0 bridgehead atoms. The molecule has 0 atom stereocenters. The number of nitrogens with zero attached hydrogens (tertiary/aromatic N) is 1. The van der Waals surface area contributed by atoms with Gasteiger partial charge in [-0.15, -0.1) is 0 Å². The first-order chi connectivity index (χ1) is 5.24. The molecule has 0 aromatic carbocycles. The first-order valence-corrected chi connectivity index (χ1v) is 3.38. The lowest BCUT2D eigenvalue weighted by molar-refractivity contribution is 0.101. The Hall–Kier alpha value is -1.38. The summed E-state index contributed by atoms with van der Waals surface area (Å²) in [5, 5.41) is 2.91. The van der Waals surface area contributed by atoms with Crippen LogP contribution in [0.1, 0.15) is 17.3 Å². The number of aromatic nitrogens is 1. The van der Waals surface area contributed by atoms with Gasteiger partial charge in [0.05, 0.1) is 5.69 Å². The zero-order valence-electron chi connectivity index (χ0n) is 6.59. The number of pyridine rings is 1. The normalized spacial score (nSPS) is 9.27. The van der Waals surface area contributed by atoms with Crippen LogP contribution in [0, 0.1) is 0 Å². The quantitative estimate of drug-likeness (QED) is 0.646. The Kier molecular flexibility index (Phi) is 2.21. The van der Waals surface area contributed by atoms with Crippen molar-refractivity contribution in [2.75, 3.05) is 12.4 Å². The van der Waals surface area contributed by atoms with Crippen molar-refractivity contribution in [3.63, 3.8) is 0 Å². The zero-order valence-corrected chi connectivity index (χ0v) is 6.59. The molecule has 0 amide bonds. The van der Waals surface area contributed by atoms with Gasteiger partial charge in [0.1, 0.15) is 0 Å². The fourth-order valence-corrected chi connectivity index (χ4v) is 0.769. The minimum Gasteiger partial charge on any atom is -0.387 e. The van der Waals surface area contributed by atoms with E-state index in [0.717, 1.165) is 5.69 Å². The largest absolute Gasteiger partial charge is 0.387 e. The van der Waals surface area contributed by atoms with Gasteiger partial charge in [0.2, 0.25) is 0 Å². The lowest BCUT2D eigenvalue weighted by Gasteiger charge is -1.99. The Morgan fingerprint density at radius 3 is 2.82 bits per heavy atom. The molecule has 1 heterocycles. The van der Waals surface area contributed by atoms with E-state index in [1.54, 1.807) is 25.5 Å². The smallest absolute Gasteiger partial charge is 0.161 e. The summed E-state index contributed by atoms with van der Waals surface area (Å²) in [6, 6.07) is 1.77. The SMILES string of the molecule is CNc1cncc(C(C)=O)c1. The molecule has 3 nitrogen and oxygen atoms in total. The summed E-state index contributed by atoms with van der Waals surface area (Å²) < 4.78 is 0. The average molecular weight is 150 g/mol. The van der Waals surface area contributed by atoms with E-state index in [2.05, 4.69) is 10.3 Å². The fraction of sp³-hybridized carbons (Fsp3) is 0.250. The molecule has 0 aliphatic heterocycles. The standard InChI is InChI=1S/C8H10N2O/c1-6(11)7-3-8(9-2)5-10-4-7/h3-5,9H,1-2H3. The van der Waals surface area contributed by atoms with Crippen LogP contribution >= 0.6 is 0 Å². The van der Waals surface area contributed by atoms with E-state index in [1.807, 2.05) is 0 Å². The molecule has 0 aliphatic carbocycles. The van der Waals surface area contributed by atoms with Crippen LogP contribution in [0.2, 0.25) is 0 Å². The number of anilines is 1. The van der Waals surface area contributed by atoms with Crippen molar-refractivity contribution >= 4 is 11.5 Å². The van der Waals surface area contributed by atoms with E-state index < -0.39 is 0 Å². The number of rotatable bonds is 2. The molecule has 0 fully saturated rings. The predicted octanol–water partition coefficient (Wildman–Crippen LogP) is 1.33. The summed E-state index contributed by atoms with van der Waals surface area (Å²) in [4.78, 5) is 14.7. The highest BCUT2D eigenvalue weighted by Gasteiger charge is 1.98. The second-order valence-corrected chi connectivity index (χ2v) is 2.27. The minimum atomic E-state index is 0.0367. The van der Waals surface area contributed by atoms with E-state index >= 15 is 0 Å². The molecule has 0 spiro atoms. The summed E-state index contributed by atoms with van der Waals surface area (Å²) in [5.74, 6) is 0.0367. The molecule has 0 saturated carbocycles. The van der Waals surface area contributed by atoms with Crippen LogP contribution in [-0.4, -0.2) is 17.8 Å². The van der Waals surface area contributed by atoms with Crippen molar-refractivity contribution in [2.24, 2.45) is 0 Å². The average Bonchev–Trinajstić information content (AvgIpc) is 2.05. The van der Waals surface area contributed by atoms with E-state index in [-0.39, 0.29) is 5.78 Å². The maximum Gasteiger partial charge on any atom is 0.161 e. The predicted molar refractivity (Wildman–Crippen MR) is 43.8 cm³/mol. The van der Waals surface area contributed by atoms with Gasteiger partial charge in [-0.25, -0.2) is 0 Å². The number of carbonyl (C=O) groups is 1. The molecule has 1 rings (SSSR count). The summed E-state index contributed by atoms with van der Waals surface area (Å²) in [6.45, 7) is 1.52. The number of carbonyl (C=O) groups excluding carboxylic acids is 1. The Morgan fingerprint density at radius 2 is 2.27 bits per heavy atom. The molecular weight excluding hydrogens is 140 g/mol. The molecule has 11 heavy (non-hydrogen) atoms. The number of hydrogen-bond acceptors (Lipinski definition) is 3. The zero-order chi connectivity index (χ0) is 8.27. The van der Waals surface area contributed by atoms with Gasteiger partial charge in [0.25, 0.3) is 0 Å². The van der Waals surface area contributed by atoms with Crippen LogP contribution < -0.4 is 5.32 Å². The highest BCUT2D eigenvalue weighted by atomic mass is 16.1. The van der Waals surface area contributed by atoms with Crippen molar-refractivity contribution < 1.29 is 4.79 Å². The Labute approximate surface area is 65.5 Å². The van der Waals surface area contributed by atoms with Crippen LogP contribution in [0.25, 0.3) is 0 Å². The third-order valence-electron chi connectivity index (χ3n) is 1.43. The molecule has 3 heteroatoms. The van der Waals surface area contributed by atoms with Gasteiger partial charge in [0, 0.05) is 25.0 Å². The van der Waals surface area contributed by atoms with E-state index in [4.69, 9.17) is 0 Å². The first kappa shape index (κ1) is 7.72. The molecule has 1 aromatic rings. The highest BCUT2D eigenvalue weighted by molar-refractivity contribution is 5.94. The van der Waals surface area contributed by atoms with Crippen LogP contribution in [0.3, 0.4) is 0 Å². The second kappa shape index (κ2) is 3.14. The van der Waals surface area contributed by atoms with Gasteiger partial charge >= 0.3 is 0 Å². The van der Waals surface area contributed by atoms with Gasteiger partial charge in [-0.3, -0.25) is 9.78 Å². The molecule has 58 valence electrons. The summed E-state index contributed by atoms with van der Waals surface area (Å²) in [6.07, 6.45) is 3.23. The highest BCUT2D eigenvalue weighted by Crippen LogP contribution is 2.06. The monoisotopic (exact) mass is 150 g/mol. The van der Waals surface area contributed by atoms with Gasteiger partial charge < -0.3 is 5.32 Å². The van der Waals surface area contributed by atoms with Crippen LogP contribution in [0.15, 0.2) is 18.5 Å². The van der Waals surface area contributed by atoms with Gasteiger partial charge in [-0.05, 0) is 13.0 Å². The lowest BCUT2D eigenvalue weighted by atomic mass is 10.2. The van der Waals surface area contributed by atoms with E-state index in [0.29, 0.717) is 5.56 Å². The molecule has 1 N–H and O–H groups in total. The van der Waals surface area contributed by atoms with Gasteiger partial charge in [-0.2, -0.15) is 0 Å². The molecule has 0 radical (unpaired) electrons. The molecule has 0 saturated heterocycles. The Morgan fingerprint density at radius 1 is 1.55 bits per heavy atom. The molecule has 0 unspecified atom stereocenters. The van der Waals surface area contributed by atoms with Gasteiger partial charge in [-0.1, -0.05) is 0 Å². The Bertz CT molecular complexity index is 271. The van der Waals surface area contributed by atoms with Crippen molar-refractivity contribution in [1.29, 1.82) is 0 Å². The van der Waals surface area contributed by atoms with E-state index in [9.17, 15) is 4.79 Å². The number of hydrogen-bond donors (Lipinski definition) is 1. The maximum atomic E-state index is 10.8. The number of Topliss-reactive ketones (excluding diaryl/α,β-unsaturated/α-hetero) is 1. The van der Waals surface area contributed by atoms with Crippen molar-refractivity contribution in [3.05, 3.63) is 24.0 Å². The number of nitrogens with one attached hydrogen (secondary N) is 1. The summed E-state index contributed by atoms with van der Waals surface area (Å²) >= 11 is 0. The number of ketones is 1. The lowest BCUT2D eigenvalue weighted by Crippen LogP contribution is -1.96. The summed E-state index contributed by atoms with van der Waals surface area (Å²) in [5.41, 5.74) is 1.49. The maximum absolute atomic E-state index is 10.8. The van der Waals surface area contributed by atoms with Crippen LogP contribution in [0.5, 0.6) is 0 Å². The van der Waals surface area contributed by atoms with Crippen molar-refractivity contribution in [1.82, 2.24) is 4.98 Å². The molecular formula is C8H10N2O. The molecule has 1 aromatic heterocycles. The van der Waals surface area contributed by atoms with Crippen LogP contribution in [-0.2, 0) is 0 Å². The van der Waals surface area contributed by atoms with E-state index in [1.165, 1.54) is 6.92 Å². The minimum absolute atomic E-state index is 0.0367.